The number of sulfonamides is 1. The van der Waals surface area contributed by atoms with E-state index >= 15 is 0 Å². The molecular weight excluding hydrogens is 381 g/mol. The fraction of sp³-hybridized carbons (Fsp3) is 0.429. The summed E-state index contributed by atoms with van der Waals surface area (Å²) in [5.41, 5.74) is -1.01. The number of nitrogens with one attached hydrogen (secondary N) is 1. The van der Waals surface area contributed by atoms with Crippen molar-refractivity contribution in [3.05, 3.63) is 22.8 Å². The fourth-order valence-electron chi connectivity index (χ4n) is 2.84. The first kappa shape index (κ1) is 22.7. The van der Waals surface area contributed by atoms with Gasteiger partial charge in [-0.05, 0) is 30.4 Å². The maximum atomic E-state index is 12.1. The second-order valence-corrected chi connectivity index (χ2v) is 8.35. The molecule has 1 heterocycles. The number of anilines is 1. The Hall–Kier alpha value is -1.38. The molecule has 0 saturated carbocycles. The van der Waals surface area contributed by atoms with Crippen LogP contribution in [-0.2, 0) is 21.1 Å². The Kier molecular flexibility index (Phi) is 7.44. The van der Waals surface area contributed by atoms with Crippen molar-refractivity contribution in [2.24, 2.45) is 0 Å². The molecule has 3 N–H and O–H groups in total. The zero-order valence-corrected chi connectivity index (χ0v) is 15.8. The van der Waals surface area contributed by atoms with Gasteiger partial charge in [0, 0.05) is 5.75 Å². The Morgan fingerprint density at radius 3 is 2.38 bits per heavy atom. The molecule has 138 valence electrons. The molecule has 2 rings (SSSR count). The minimum atomic E-state index is -4.25. The summed E-state index contributed by atoms with van der Waals surface area (Å²) in [5.74, 6) is -3.43. The maximum absolute atomic E-state index is 12.1. The molecule has 0 saturated heterocycles. The van der Waals surface area contributed by atoms with E-state index in [0.717, 1.165) is 0 Å². The van der Waals surface area contributed by atoms with E-state index in [1.54, 1.807) is 6.92 Å². The molecular formula is C14H16LiNO8S2. The Morgan fingerprint density at radius 2 is 1.88 bits per heavy atom. The van der Waals surface area contributed by atoms with Crippen molar-refractivity contribution in [3.8, 4) is 0 Å². The minimum absolute atomic E-state index is 0. The van der Waals surface area contributed by atoms with Crippen molar-refractivity contribution in [2.75, 3.05) is 10.5 Å². The van der Waals surface area contributed by atoms with Crippen LogP contribution in [0.4, 0.5) is 5.69 Å². The Labute approximate surface area is 164 Å². The zero-order valence-electron chi connectivity index (χ0n) is 14.1. The maximum Gasteiger partial charge on any atom is 1.00 e. The molecule has 1 aromatic carbocycles. The van der Waals surface area contributed by atoms with Gasteiger partial charge in [-0.2, -0.15) is 0 Å². The number of carboxylic acid groups (broad SMARTS) is 2. The molecule has 2 atom stereocenters. The van der Waals surface area contributed by atoms with Crippen molar-refractivity contribution >= 4 is 38.7 Å². The molecule has 12 heteroatoms. The number of rotatable bonds is 8. The SMILES string of the molecule is CC(CCCCS(=O)[O-])c1cc(C(=O)O)c2c(C(=O)O)c1NS2(=O)=O.[Li+]. The molecule has 2 bridgehead atoms. The number of fused-ring (bicyclic) bond motifs is 2. The largest absolute Gasteiger partial charge is 1.00 e. The van der Waals surface area contributed by atoms with Crippen molar-refractivity contribution in [2.45, 2.75) is 37.0 Å². The van der Waals surface area contributed by atoms with Gasteiger partial charge in [0.25, 0.3) is 10.0 Å². The molecule has 0 radical (unpaired) electrons. The topological polar surface area (TPSA) is 161 Å². The van der Waals surface area contributed by atoms with Crippen LogP contribution in [0.2, 0.25) is 0 Å². The molecule has 0 fully saturated rings. The van der Waals surface area contributed by atoms with Crippen molar-refractivity contribution in [1.82, 2.24) is 0 Å². The normalized spacial score (nSPS) is 16.2. The van der Waals surface area contributed by atoms with Crippen LogP contribution >= 0.6 is 0 Å². The molecule has 1 aliphatic rings. The predicted octanol–water partition coefficient (Wildman–Crippen LogP) is -1.65. The summed E-state index contributed by atoms with van der Waals surface area (Å²) in [6.45, 7) is 1.70. The van der Waals surface area contributed by atoms with Crippen LogP contribution in [0.1, 0.15) is 58.4 Å². The van der Waals surface area contributed by atoms with Gasteiger partial charge in [0.15, 0.2) is 0 Å². The van der Waals surface area contributed by atoms with Crippen molar-refractivity contribution in [3.63, 3.8) is 0 Å². The van der Waals surface area contributed by atoms with Crippen LogP contribution in [-0.4, -0.2) is 45.1 Å². The first-order valence-corrected chi connectivity index (χ1v) is 10.0. The average Bonchev–Trinajstić information content (AvgIpc) is 2.69. The molecule has 1 aliphatic heterocycles. The monoisotopic (exact) mass is 397 g/mol. The number of unbranched alkanes of at least 4 members (excludes halogenated alkanes) is 1. The summed E-state index contributed by atoms with van der Waals surface area (Å²) in [4.78, 5) is 22.2. The van der Waals surface area contributed by atoms with Crippen LogP contribution in [0.15, 0.2) is 11.0 Å². The van der Waals surface area contributed by atoms with Gasteiger partial charge >= 0.3 is 30.8 Å². The Bertz CT molecular complexity index is 868. The van der Waals surface area contributed by atoms with E-state index in [4.69, 9.17) is 0 Å². The van der Waals surface area contributed by atoms with Crippen LogP contribution in [0.3, 0.4) is 0 Å². The van der Waals surface area contributed by atoms with E-state index in [1.807, 2.05) is 0 Å². The van der Waals surface area contributed by atoms with Crippen molar-refractivity contribution < 1.29 is 55.8 Å². The van der Waals surface area contributed by atoms with E-state index in [-0.39, 0.29) is 41.8 Å². The number of aromatic carboxylic acids is 2. The number of hydrogen-bond acceptors (Lipinski definition) is 6. The van der Waals surface area contributed by atoms with Gasteiger partial charge in [-0.25, -0.2) is 18.0 Å². The number of carboxylic acids is 2. The number of benzene rings is 1. The van der Waals surface area contributed by atoms with Gasteiger partial charge in [-0.1, -0.05) is 24.4 Å². The molecule has 1 aromatic rings. The van der Waals surface area contributed by atoms with E-state index in [0.29, 0.717) is 19.3 Å². The number of hydrogen-bond donors (Lipinski definition) is 3. The van der Waals surface area contributed by atoms with Crippen molar-refractivity contribution in [1.29, 1.82) is 0 Å². The molecule has 0 aromatic heterocycles. The van der Waals surface area contributed by atoms with Crippen LogP contribution < -0.4 is 23.6 Å². The molecule has 9 nitrogen and oxygen atoms in total. The van der Waals surface area contributed by atoms with E-state index in [9.17, 15) is 37.0 Å². The molecule has 0 spiro atoms. The van der Waals surface area contributed by atoms with E-state index in [1.165, 1.54) is 6.07 Å². The third kappa shape index (κ3) is 4.47. The summed E-state index contributed by atoms with van der Waals surface area (Å²) < 4.78 is 47.5. The summed E-state index contributed by atoms with van der Waals surface area (Å²) in [6, 6.07) is 1.17. The third-order valence-corrected chi connectivity index (χ3v) is 6.05. The van der Waals surface area contributed by atoms with E-state index < -0.39 is 49.1 Å². The zero-order chi connectivity index (χ0) is 18.9. The predicted molar refractivity (Wildman–Crippen MR) is 87.2 cm³/mol. The van der Waals surface area contributed by atoms with Crippen LogP contribution in [0, 0.1) is 0 Å². The smallest absolute Gasteiger partial charge is 0.772 e. The quantitative estimate of drug-likeness (QED) is 0.267. The summed E-state index contributed by atoms with van der Waals surface area (Å²) >= 11 is -2.15. The molecule has 0 aliphatic carbocycles. The Morgan fingerprint density at radius 1 is 1.27 bits per heavy atom. The molecule has 0 amide bonds. The van der Waals surface area contributed by atoms with Gasteiger partial charge in [-0.3, -0.25) is 8.93 Å². The fourth-order valence-corrected chi connectivity index (χ4v) is 4.76. The summed E-state index contributed by atoms with van der Waals surface area (Å²) in [5, 5.41) is 18.6. The van der Waals surface area contributed by atoms with Crippen LogP contribution in [0.25, 0.3) is 0 Å². The second-order valence-electron chi connectivity index (χ2n) is 5.71. The van der Waals surface area contributed by atoms with Gasteiger partial charge < -0.3 is 14.8 Å². The summed E-state index contributed by atoms with van der Waals surface area (Å²) in [7, 11) is -4.25. The Balaban J connectivity index is 0.00000338. The standard InChI is InChI=1S/C14H17NO8S2.Li/c1-7(4-2-3-5-24(20)21)8-6-9(13(16)17)12-10(14(18)19)11(8)15-25(12,22)23;/h6-7,15H,2-5H2,1H3,(H,16,17)(H,18,19)(H,20,21);/q;+1/p-1. The van der Waals surface area contributed by atoms with Gasteiger partial charge in [-0.15, -0.1) is 0 Å². The number of carbonyl (C=O) groups is 2. The van der Waals surface area contributed by atoms with E-state index in [2.05, 4.69) is 4.72 Å². The first-order chi connectivity index (χ1) is 11.6. The third-order valence-electron chi connectivity index (χ3n) is 3.99. The second kappa shape index (κ2) is 8.54. The van der Waals surface area contributed by atoms with Gasteiger partial charge in [0.2, 0.25) is 0 Å². The molecule has 2 unspecified atom stereocenters. The van der Waals surface area contributed by atoms with Gasteiger partial charge in [0.05, 0.1) is 11.3 Å². The minimum Gasteiger partial charge on any atom is -0.772 e. The van der Waals surface area contributed by atoms with Crippen LogP contribution in [0.5, 0.6) is 0 Å². The first-order valence-electron chi connectivity index (χ1n) is 7.32. The van der Waals surface area contributed by atoms with Gasteiger partial charge in [0.1, 0.15) is 10.5 Å². The average molecular weight is 397 g/mol. The summed E-state index contributed by atoms with van der Waals surface area (Å²) in [6.07, 6.45) is 1.36. The molecule has 26 heavy (non-hydrogen) atoms.